The van der Waals surface area contributed by atoms with Crippen LogP contribution in [0.4, 0.5) is 0 Å². The summed E-state index contributed by atoms with van der Waals surface area (Å²) in [7, 11) is 0. The minimum atomic E-state index is -0.0113. The van der Waals surface area contributed by atoms with Crippen molar-refractivity contribution in [1.29, 1.82) is 5.26 Å². The molecule has 0 bridgehead atoms. The molecule has 0 aliphatic heterocycles. The number of nitrogens with one attached hydrogen (secondary N) is 1. The van der Waals surface area contributed by atoms with E-state index in [9.17, 15) is 4.79 Å². The Morgan fingerprint density at radius 2 is 2.00 bits per heavy atom. The lowest BCUT2D eigenvalue weighted by molar-refractivity contribution is -0.121. The summed E-state index contributed by atoms with van der Waals surface area (Å²) >= 11 is 0. The summed E-state index contributed by atoms with van der Waals surface area (Å²) in [6, 6.07) is 9.15. The van der Waals surface area contributed by atoms with Crippen molar-refractivity contribution >= 4 is 5.91 Å². The molecule has 0 aliphatic rings. The number of hydrogen-bond donors (Lipinski definition) is 2. The van der Waals surface area contributed by atoms with Gasteiger partial charge in [-0.1, -0.05) is 12.1 Å². The van der Waals surface area contributed by atoms with E-state index in [0.29, 0.717) is 31.4 Å². The lowest BCUT2D eigenvalue weighted by Gasteiger charge is -2.05. The largest absolute Gasteiger partial charge is 0.396 e. The summed E-state index contributed by atoms with van der Waals surface area (Å²) < 4.78 is 0. The maximum Gasteiger partial charge on any atom is 0.220 e. The van der Waals surface area contributed by atoms with E-state index in [0.717, 1.165) is 5.56 Å². The van der Waals surface area contributed by atoms with Crippen molar-refractivity contribution in [3.63, 3.8) is 0 Å². The topological polar surface area (TPSA) is 73.1 Å². The maximum atomic E-state index is 11.4. The van der Waals surface area contributed by atoms with Crippen molar-refractivity contribution in [2.45, 2.75) is 25.8 Å². The van der Waals surface area contributed by atoms with Gasteiger partial charge in [0.25, 0.3) is 0 Å². The molecule has 0 aliphatic carbocycles. The fourth-order valence-corrected chi connectivity index (χ4v) is 1.38. The Balaban J connectivity index is 2.30. The number of nitriles is 1. The van der Waals surface area contributed by atoms with Gasteiger partial charge in [-0.15, -0.1) is 0 Å². The number of hydrogen-bond acceptors (Lipinski definition) is 3. The van der Waals surface area contributed by atoms with Crippen LogP contribution in [0.25, 0.3) is 0 Å². The van der Waals surface area contributed by atoms with E-state index in [1.165, 1.54) is 0 Å². The van der Waals surface area contributed by atoms with Crippen LogP contribution in [-0.4, -0.2) is 17.6 Å². The number of carbonyl (C=O) groups is 1. The normalized spacial score (nSPS) is 9.65. The number of aliphatic hydroxyl groups is 1. The number of rotatable bonds is 6. The van der Waals surface area contributed by atoms with Crippen LogP contribution in [-0.2, 0) is 11.3 Å². The van der Waals surface area contributed by atoms with E-state index < -0.39 is 0 Å². The number of benzene rings is 1. The predicted octanol–water partition coefficient (Wildman–Crippen LogP) is 1.34. The predicted molar refractivity (Wildman–Crippen MR) is 63.9 cm³/mol. The zero-order chi connectivity index (χ0) is 12.5. The number of carbonyl (C=O) groups excluding carboxylic acids is 1. The fraction of sp³-hybridized carbons (Fsp3) is 0.385. The molecule has 2 N–H and O–H groups in total. The number of amides is 1. The van der Waals surface area contributed by atoms with Gasteiger partial charge < -0.3 is 10.4 Å². The van der Waals surface area contributed by atoms with Gasteiger partial charge in [-0.3, -0.25) is 4.79 Å². The van der Waals surface area contributed by atoms with Crippen molar-refractivity contribution in [2.24, 2.45) is 0 Å². The second kappa shape index (κ2) is 7.42. The standard InChI is InChI=1S/C13H16N2O2/c14-9-11-4-6-12(7-5-11)10-15-13(17)3-1-2-8-16/h4-7,16H,1-3,8,10H2,(H,15,17). The number of nitrogens with zero attached hydrogens (tertiary/aromatic N) is 1. The molecule has 0 spiro atoms. The lowest BCUT2D eigenvalue weighted by Crippen LogP contribution is -2.22. The molecular formula is C13H16N2O2. The Morgan fingerprint density at radius 1 is 1.29 bits per heavy atom. The molecule has 0 saturated carbocycles. The Kier molecular flexibility index (Phi) is 5.76. The smallest absolute Gasteiger partial charge is 0.220 e. The van der Waals surface area contributed by atoms with Crippen LogP contribution in [0.5, 0.6) is 0 Å². The summed E-state index contributed by atoms with van der Waals surface area (Å²) in [5, 5.41) is 20.0. The van der Waals surface area contributed by atoms with E-state index in [-0.39, 0.29) is 12.5 Å². The average molecular weight is 232 g/mol. The molecular weight excluding hydrogens is 216 g/mol. The van der Waals surface area contributed by atoms with Gasteiger partial charge >= 0.3 is 0 Å². The number of unbranched alkanes of at least 4 members (excludes halogenated alkanes) is 1. The highest BCUT2D eigenvalue weighted by Crippen LogP contribution is 2.03. The molecule has 17 heavy (non-hydrogen) atoms. The van der Waals surface area contributed by atoms with E-state index in [2.05, 4.69) is 5.32 Å². The molecule has 1 rings (SSSR count). The molecule has 90 valence electrons. The average Bonchev–Trinajstić information content (AvgIpc) is 2.37. The Bertz CT molecular complexity index is 393. The van der Waals surface area contributed by atoms with Crippen molar-refractivity contribution in [2.75, 3.05) is 6.61 Å². The van der Waals surface area contributed by atoms with Crippen LogP contribution in [0.15, 0.2) is 24.3 Å². The summed E-state index contributed by atoms with van der Waals surface area (Å²) in [5.74, 6) is -0.0113. The first-order chi connectivity index (χ1) is 8.26. The Labute approximate surface area is 101 Å². The fourth-order valence-electron chi connectivity index (χ4n) is 1.38. The molecule has 4 nitrogen and oxygen atoms in total. The van der Waals surface area contributed by atoms with Gasteiger partial charge in [0.2, 0.25) is 5.91 Å². The minimum Gasteiger partial charge on any atom is -0.396 e. The maximum absolute atomic E-state index is 11.4. The second-order valence-electron chi connectivity index (χ2n) is 3.77. The van der Waals surface area contributed by atoms with E-state index in [1.54, 1.807) is 12.1 Å². The Morgan fingerprint density at radius 3 is 2.59 bits per heavy atom. The van der Waals surface area contributed by atoms with E-state index in [4.69, 9.17) is 10.4 Å². The zero-order valence-electron chi connectivity index (χ0n) is 9.65. The molecule has 0 heterocycles. The van der Waals surface area contributed by atoms with Crippen LogP contribution in [0.2, 0.25) is 0 Å². The first-order valence-electron chi connectivity index (χ1n) is 5.63. The van der Waals surface area contributed by atoms with Gasteiger partial charge in [0.05, 0.1) is 11.6 Å². The summed E-state index contributed by atoms with van der Waals surface area (Å²) in [6.07, 6.45) is 1.80. The molecule has 0 atom stereocenters. The van der Waals surface area contributed by atoms with Crippen molar-refractivity contribution in [3.05, 3.63) is 35.4 Å². The van der Waals surface area contributed by atoms with Gasteiger partial charge in [0.1, 0.15) is 0 Å². The van der Waals surface area contributed by atoms with Crippen molar-refractivity contribution in [1.82, 2.24) is 5.32 Å². The summed E-state index contributed by atoms with van der Waals surface area (Å²) in [6.45, 7) is 0.604. The number of aliphatic hydroxyl groups excluding tert-OH is 1. The van der Waals surface area contributed by atoms with Crippen LogP contribution >= 0.6 is 0 Å². The molecule has 0 aromatic heterocycles. The van der Waals surface area contributed by atoms with Crippen LogP contribution in [0.3, 0.4) is 0 Å². The van der Waals surface area contributed by atoms with Crippen LogP contribution in [0.1, 0.15) is 30.4 Å². The molecule has 0 unspecified atom stereocenters. The highest BCUT2D eigenvalue weighted by molar-refractivity contribution is 5.75. The SMILES string of the molecule is N#Cc1ccc(CNC(=O)CCCCO)cc1. The molecule has 0 fully saturated rings. The highest BCUT2D eigenvalue weighted by Gasteiger charge is 2.00. The molecule has 1 aromatic carbocycles. The molecule has 4 heteroatoms. The summed E-state index contributed by atoms with van der Waals surface area (Å²) in [5.41, 5.74) is 1.59. The molecule has 0 radical (unpaired) electrons. The first kappa shape index (κ1) is 13.2. The third-order valence-corrected chi connectivity index (χ3v) is 2.38. The van der Waals surface area contributed by atoms with Gasteiger partial charge in [-0.2, -0.15) is 5.26 Å². The van der Waals surface area contributed by atoms with Gasteiger partial charge in [-0.05, 0) is 30.5 Å². The molecule has 1 aromatic rings. The third kappa shape index (κ3) is 5.14. The van der Waals surface area contributed by atoms with Gasteiger partial charge in [-0.25, -0.2) is 0 Å². The van der Waals surface area contributed by atoms with Gasteiger partial charge in [0, 0.05) is 19.6 Å². The third-order valence-electron chi connectivity index (χ3n) is 2.38. The minimum absolute atomic E-state index is 0.0113. The zero-order valence-corrected chi connectivity index (χ0v) is 9.65. The van der Waals surface area contributed by atoms with E-state index in [1.807, 2.05) is 18.2 Å². The summed E-state index contributed by atoms with van der Waals surface area (Å²) in [4.78, 5) is 11.4. The lowest BCUT2D eigenvalue weighted by atomic mass is 10.1. The highest BCUT2D eigenvalue weighted by atomic mass is 16.2. The molecule has 0 saturated heterocycles. The second-order valence-corrected chi connectivity index (χ2v) is 3.77. The van der Waals surface area contributed by atoms with Crippen molar-refractivity contribution in [3.8, 4) is 6.07 Å². The Hall–Kier alpha value is -1.86. The van der Waals surface area contributed by atoms with Crippen LogP contribution < -0.4 is 5.32 Å². The molecule has 1 amide bonds. The van der Waals surface area contributed by atoms with E-state index >= 15 is 0 Å². The van der Waals surface area contributed by atoms with Crippen molar-refractivity contribution < 1.29 is 9.90 Å². The van der Waals surface area contributed by atoms with Gasteiger partial charge in [0.15, 0.2) is 0 Å². The van der Waals surface area contributed by atoms with Crippen LogP contribution in [0, 0.1) is 11.3 Å². The first-order valence-corrected chi connectivity index (χ1v) is 5.63. The quantitative estimate of drug-likeness (QED) is 0.727. The monoisotopic (exact) mass is 232 g/mol.